The van der Waals surface area contributed by atoms with Crippen molar-refractivity contribution in [1.29, 1.82) is 0 Å². The summed E-state index contributed by atoms with van der Waals surface area (Å²) in [5, 5.41) is 0. The van der Waals surface area contributed by atoms with Gasteiger partial charge in [-0.25, -0.2) is 13.1 Å². The molecular formula is C21H26N2O4S. The molecule has 1 heterocycles. The number of hydrogen-bond acceptors (Lipinski definition) is 4. The summed E-state index contributed by atoms with van der Waals surface area (Å²) < 4.78 is 33.2. The summed E-state index contributed by atoms with van der Waals surface area (Å²) >= 11 is 0. The minimum Gasteiger partial charge on any atom is -0.377 e. The number of nitrogens with one attached hydrogen (secondary N) is 1. The highest BCUT2D eigenvalue weighted by Gasteiger charge is 2.22. The van der Waals surface area contributed by atoms with E-state index in [4.69, 9.17) is 4.74 Å². The number of aryl methyl sites for hydroxylation is 1. The van der Waals surface area contributed by atoms with E-state index >= 15 is 0 Å². The summed E-state index contributed by atoms with van der Waals surface area (Å²) in [5.74, 6) is -0.223. The first-order valence-corrected chi connectivity index (χ1v) is 10.9. The smallest absolute Gasteiger partial charge is 0.253 e. The second kappa shape index (κ2) is 8.86. The van der Waals surface area contributed by atoms with Gasteiger partial charge in [0.15, 0.2) is 0 Å². The molecule has 7 heteroatoms. The number of carbonyl (C=O) groups excluding carboxylic acids is 1. The fraction of sp³-hybridized carbons (Fsp3) is 0.381. The normalized spacial score (nSPS) is 16.9. The third-order valence-corrected chi connectivity index (χ3v) is 6.35. The zero-order valence-corrected chi connectivity index (χ0v) is 17.0. The van der Waals surface area contributed by atoms with Crippen molar-refractivity contribution >= 4 is 15.9 Å². The first kappa shape index (κ1) is 20.5. The zero-order valence-electron chi connectivity index (χ0n) is 16.2. The molecule has 3 rings (SSSR count). The van der Waals surface area contributed by atoms with E-state index in [0.717, 1.165) is 24.0 Å². The third-order valence-electron chi connectivity index (χ3n) is 4.93. The highest BCUT2D eigenvalue weighted by atomic mass is 32.2. The van der Waals surface area contributed by atoms with Crippen molar-refractivity contribution in [2.45, 2.75) is 37.3 Å². The highest BCUT2D eigenvalue weighted by Crippen LogP contribution is 2.17. The van der Waals surface area contributed by atoms with Gasteiger partial charge < -0.3 is 9.64 Å². The van der Waals surface area contributed by atoms with E-state index in [-0.39, 0.29) is 23.5 Å². The Morgan fingerprint density at radius 1 is 1.21 bits per heavy atom. The van der Waals surface area contributed by atoms with Crippen LogP contribution in [0, 0.1) is 6.92 Å². The molecule has 1 atom stereocenters. The van der Waals surface area contributed by atoms with Crippen molar-refractivity contribution in [3.63, 3.8) is 0 Å². The lowest BCUT2D eigenvalue weighted by atomic mass is 10.1. The van der Waals surface area contributed by atoms with Crippen LogP contribution >= 0.6 is 0 Å². The topological polar surface area (TPSA) is 75.7 Å². The highest BCUT2D eigenvalue weighted by molar-refractivity contribution is 7.89. The van der Waals surface area contributed by atoms with Gasteiger partial charge in [0.2, 0.25) is 10.0 Å². The van der Waals surface area contributed by atoms with Crippen LogP contribution in [-0.4, -0.2) is 45.5 Å². The van der Waals surface area contributed by atoms with Crippen LogP contribution in [0.5, 0.6) is 0 Å². The molecule has 1 aliphatic heterocycles. The van der Waals surface area contributed by atoms with Crippen molar-refractivity contribution < 1.29 is 17.9 Å². The first-order chi connectivity index (χ1) is 13.4. The minimum atomic E-state index is -3.70. The molecule has 1 aliphatic rings. The molecule has 1 N–H and O–H groups in total. The number of rotatable bonds is 7. The van der Waals surface area contributed by atoms with Gasteiger partial charge in [-0.1, -0.05) is 30.3 Å². The maximum atomic E-state index is 12.8. The average molecular weight is 403 g/mol. The SMILES string of the molecule is Cc1ccccc1CN(C)C(=O)c1cccc(S(=O)(=O)NCC2CCCO2)c1. The molecule has 1 fully saturated rings. The molecule has 1 unspecified atom stereocenters. The van der Waals surface area contributed by atoms with E-state index in [2.05, 4.69) is 4.72 Å². The molecule has 28 heavy (non-hydrogen) atoms. The number of amides is 1. The van der Waals surface area contributed by atoms with Crippen LogP contribution in [0.15, 0.2) is 53.4 Å². The van der Waals surface area contributed by atoms with E-state index in [1.807, 2.05) is 31.2 Å². The van der Waals surface area contributed by atoms with Gasteiger partial charge in [0.25, 0.3) is 5.91 Å². The Bertz CT molecular complexity index is 937. The van der Waals surface area contributed by atoms with Gasteiger partial charge in [0.05, 0.1) is 11.0 Å². The molecular weight excluding hydrogens is 376 g/mol. The Balaban J connectivity index is 1.70. The number of benzene rings is 2. The van der Waals surface area contributed by atoms with Crippen molar-refractivity contribution in [3.8, 4) is 0 Å². The molecule has 0 spiro atoms. The fourth-order valence-electron chi connectivity index (χ4n) is 3.22. The summed E-state index contributed by atoms with van der Waals surface area (Å²) in [6.07, 6.45) is 1.72. The Kier molecular flexibility index (Phi) is 6.49. The van der Waals surface area contributed by atoms with Crippen LogP contribution < -0.4 is 4.72 Å². The van der Waals surface area contributed by atoms with Crippen LogP contribution in [0.2, 0.25) is 0 Å². The fourth-order valence-corrected chi connectivity index (χ4v) is 4.33. The van der Waals surface area contributed by atoms with E-state index < -0.39 is 10.0 Å². The van der Waals surface area contributed by atoms with Gasteiger partial charge in [-0.3, -0.25) is 4.79 Å². The van der Waals surface area contributed by atoms with Crippen LogP contribution in [0.3, 0.4) is 0 Å². The van der Waals surface area contributed by atoms with Crippen LogP contribution in [0.1, 0.15) is 34.3 Å². The molecule has 0 bridgehead atoms. The Morgan fingerprint density at radius 2 is 2.00 bits per heavy atom. The maximum absolute atomic E-state index is 12.8. The van der Waals surface area contributed by atoms with Gasteiger partial charge in [-0.15, -0.1) is 0 Å². The van der Waals surface area contributed by atoms with Gasteiger partial charge in [0.1, 0.15) is 0 Å². The van der Waals surface area contributed by atoms with Gasteiger partial charge >= 0.3 is 0 Å². The minimum absolute atomic E-state index is 0.0835. The summed E-state index contributed by atoms with van der Waals surface area (Å²) in [5.41, 5.74) is 2.51. The van der Waals surface area contributed by atoms with E-state index in [0.29, 0.717) is 18.7 Å². The molecule has 1 saturated heterocycles. The standard InChI is InChI=1S/C21H26N2O4S/c1-16-7-3-4-8-18(16)15-23(2)21(24)17-9-5-11-20(13-17)28(25,26)22-14-19-10-6-12-27-19/h3-5,7-9,11,13,19,22H,6,10,12,14-15H2,1-2H3. The molecule has 150 valence electrons. The molecule has 2 aromatic rings. The summed E-state index contributed by atoms with van der Waals surface area (Å²) in [4.78, 5) is 14.5. The van der Waals surface area contributed by atoms with Crippen LogP contribution in [0.4, 0.5) is 0 Å². The van der Waals surface area contributed by atoms with Gasteiger partial charge in [-0.05, 0) is 49.1 Å². The molecule has 6 nitrogen and oxygen atoms in total. The lowest BCUT2D eigenvalue weighted by Gasteiger charge is -2.19. The summed E-state index contributed by atoms with van der Waals surface area (Å²) in [6, 6.07) is 14.0. The van der Waals surface area contributed by atoms with Crippen LogP contribution in [-0.2, 0) is 21.3 Å². The maximum Gasteiger partial charge on any atom is 0.253 e. The van der Waals surface area contributed by atoms with E-state index in [1.165, 1.54) is 12.1 Å². The average Bonchev–Trinajstić information content (AvgIpc) is 3.21. The van der Waals surface area contributed by atoms with Crippen molar-refractivity contribution in [1.82, 2.24) is 9.62 Å². The molecule has 0 aromatic heterocycles. The van der Waals surface area contributed by atoms with Crippen molar-refractivity contribution in [2.24, 2.45) is 0 Å². The lowest BCUT2D eigenvalue weighted by Crippen LogP contribution is -2.32. The second-order valence-corrected chi connectivity index (χ2v) is 8.87. The molecule has 0 saturated carbocycles. The Hall–Kier alpha value is -2.22. The Morgan fingerprint density at radius 3 is 2.71 bits per heavy atom. The second-order valence-electron chi connectivity index (χ2n) is 7.10. The van der Waals surface area contributed by atoms with E-state index in [1.54, 1.807) is 24.1 Å². The number of hydrogen-bond donors (Lipinski definition) is 1. The van der Waals surface area contributed by atoms with Gasteiger partial charge in [0, 0.05) is 32.3 Å². The number of nitrogens with zero attached hydrogens (tertiary/aromatic N) is 1. The van der Waals surface area contributed by atoms with Crippen molar-refractivity contribution in [2.75, 3.05) is 20.2 Å². The number of carbonyl (C=O) groups is 1. The molecule has 2 aromatic carbocycles. The summed E-state index contributed by atoms with van der Waals surface area (Å²) in [6.45, 7) is 3.37. The monoisotopic (exact) mass is 402 g/mol. The van der Waals surface area contributed by atoms with Gasteiger partial charge in [-0.2, -0.15) is 0 Å². The van der Waals surface area contributed by atoms with Crippen LogP contribution in [0.25, 0.3) is 0 Å². The zero-order chi connectivity index (χ0) is 20.1. The third kappa shape index (κ3) is 4.98. The molecule has 0 radical (unpaired) electrons. The number of ether oxygens (including phenoxy) is 1. The lowest BCUT2D eigenvalue weighted by molar-refractivity contribution is 0.0784. The predicted molar refractivity (Wildman–Crippen MR) is 108 cm³/mol. The molecule has 0 aliphatic carbocycles. The van der Waals surface area contributed by atoms with E-state index in [9.17, 15) is 13.2 Å². The number of sulfonamides is 1. The summed E-state index contributed by atoms with van der Waals surface area (Å²) in [7, 11) is -1.98. The first-order valence-electron chi connectivity index (χ1n) is 9.38. The van der Waals surface area contributed by atoms with Crippen molar-refractivity contribution in [3.05, 3.63) is 65.2 Å². The largest absolute Gasteiger partial charge is 0.377 e. The predicted octanol–water partition coefficient (Wildman–Crippen LogP) is 2.72. The molecule has 1 amide bonds. The quantitative estimate of drug-likeness (QED) is 0.773. The Labute approximate surface area is 166 Å².